The predicted molar refractivity (Wildman–Crippen MR) is 129 cm³/mol. The van der Waals surface area contributed by atoms with E-state index in [4.69, 9.17) is 25.6 Å². The highest BCUT2D eigenvalue weighted by molar-refractivity contribution is 9.10. The van der Waals surface area contributed by atoms with Crippen LogP contribution in [0.3, 0.4) is 0 Å². The second kappa shape index (κ2) is 10.3. The minimum Gasteiger partial charge on any atom is -0.483 e. The Labute approximate surface area is 195 Å². The van der Waals surface area contributed by atoms with Crippen LogP contribution in [-0.2, 0) is 4.79 Å². The van der Waals surface area contributed by atoms with Crippen molar-refractivity contribution in [2.45, 2.75) is 63.7 Å². The zero-order valence-electron chi connectivity index (χ0n) is 18.0. The van der Waals surface area contributed by atoms with Gasteiger partial charge >= 0.3 is 0 Å². The monoisotopic (exact) mass is 497 g/mol. The highest BCUT2D eigenvalue weighted by Gasteiger charge is 2.24. The van der Waals surface area contributed by atoms with Gasteiger partial charge in [-0.3, -0.25) is 9.78 Å². The highest BCUT2D eigenvalue weighted by Crippen LogP contribution is 2.39. The first kappa shape index (κ1) is 22.5. The van der Waals surface area contributed by atoms with Gasteiger partial charge in [-0.05, 0) is 66.1 Å². The van der Waals surface area contributed by atoms with E-state index in [-0.39, 0.29) is 6.47 Å². The molecule has 2 aliphatic rings. The van der Waals surface area contributed by atoms with Crippen LogP contribution in [0.4, 0.5) is 5.82 Å². The summed E-state index contributed by atoms with van der Waals surface area (Å²) in [5.41, 5.74) is 12.8. The number of nitrogens with zero attached hydrogens (tertiary/aromatic N) is 4. The summed E-state index contributed by atoms with van der Waals surface area (Å²) in [6, 6.07) is 4.26. The van der Waals surface area contributed by atoms with E-state index in [1.807, 2.05) is 12.4 Å². The second-order valence-electron chi connectivity index (χ2n) is 8.34. The van der Waals surface area contributed by atoms with Crippen LogP contribution in [0, 0.1) is 0 Å². The summed E-state index contributed by atoms with van der Waals surface area (Å²) in [6.07, 6.45) is 17.2. The number of pyridine rings is 1. The molecule has 8 heteroatoms. The Bertz CT molecular complexity index is 1120. The average molecular weight is 498 g/mol. The largest absolute Gasteiger partial charge is 0.483 e. The second-order valence-corrected chi connectivity index (χ2v) is 9.13. The molecule has 0 aliphatic heterocycles. The molecule has 3 heterocycles. The Kier molecular flexibility index (Phi) is 7.19. The van der Waals surface area contributed by atoms with Crippen molar-refractivity contribution in [2.24, 2.45) is 0 Å². The zero-order valence-corrected chi connectivity index (χ0v) is 19.6. The van der Waals surface area contributed by atoms with E-state index in [1.54, 1.807) is 4.52 Å². The Morgan fingerprint density at radius 1 is 1.12 bits per heavy atom. The first-order valence-corrected chi connectivity index (χ1v) is 12.0. The lowest BCUT2D eigenvalue weighted by molar-refractivity contribution is -0.122. The minimum atomic E-state index is -0.250. The number of carboxylic acid groups (broad SMARTS) is 1. The van der Waals surface area contributed by atoms with Crippen LogP contribution < -0.4 is 5.73 Å². The third-order valence-electron chi connectivity index (χ3n) is 6.33. The van der Waals surface area contributed by atoms with E-state index in [0.29, 0.717) is 11.7 Å². The molecule has 0 spiro atoms. The quantitative estimate of drug-likeness (QED) is 0.440. The number of allylic oxidation sites excluding steroid dienone is 2. The van der Waals surface area contributed by atoms with Crippen molar-refractivity contribution in [3.8, 4) is 11.1 Å². The number of nitrogen functional groups attached to an aromatic ring is 1. The molecular formula is C24H28BrN5O2. The summed E-state index contributed by atoms with van der Waals surface area (Å²) in [6.45, 7) is -0.250. The lowest BCUT2D eigenvalue weighted by atomic mass is 9.87. The summed E-state index contributed by atoms with van der Waals surface area (Å²) >= 11 is 3.69. The molecule has 168 valence electrons. The number of halogens is 1. The van der Waals surface area contributed by atoms with E-state index in [9.17, 15) is 0 Å². The van der Waals surface area contributed by atoms with Crippen molar-refractivity contribution >= 4 is 39.4 Å². The molecule has 2 aliphatic carbocycles. The van der Waals surface area contributed by atoms with Crippen LogP contribution in [0.1, 0.15) is 75.1 Å². The molecule has 7 nitrogen and oxygen atoms in total. The molecule has 1 fully saturated rings. The fourth-order valence-electron chi connectivity index (χ4n) is 4.68. The molecular weight excluding hydrogens is 470 g/mol. The number of anilines is 1. The Hall–Kier alpha value is -2.74. The maximum absolute atomic E-state index is 8.36. The summed E-state index contributed by atoms with van der Waals surface area (Å²) in [5.74, 6) is 1.09. The Morgan fingerprint density at radius 2 is 1.91 bits per heavy atom. The standard InChI is InChI=1S/C23H26BrN5.CH2O2/c24-20-21(16-9-5-2-6-10-16)28-23-18(14-27-29(23)22(20)25)17-11-12-19(26-13-17)15-7-3-1-4-8-15;2-1-3/h7,11-14,16H,1-6,8-10,25H2;1H,(H,2,3). The van der Waals surface area contributed by atoms with Gasteiger partial charge in [-0.25, -0.2) is 4.98 Å². The average Bonchev–Trinajstić information content (AvgIpc) is 3.27. The Balaban J connectivity index is 0.000000775. The predicted octanol–water partition coefficient (Wildman–Crippen LogP) is 5.84. The SMILES string of the molecule is Nc1c(Br)c(C2CCCCC2)nc2c(-c3ccc(C4=CCCCC4)nc3)cnn12.O=CO. The normalized spacial score (nSPS) is 16.8. The van der Waals surface area contributed by atoms with Gasteiger partial charge in [0, 0.05) is 23.2 Å². The van der Waals surface area contributed by atoms with E-state index < -0.39 is 0 Å². The van der Waals surface area contributed by atoms with Gasteiger partial charge in [0.1, 0.15) is 5.82 Å². The maximum atomic E-state index is 8.36. The van der Waals surface area contributed by atoms with Crippen LogP contribution in [0.15, 0.2) is 35.1 Å². The first-order chi connectivity index (χ1) is 15.6. The summed E-state index contributed by atoms with van der Waals surface area (Å²) in [5, 5.41) is 11.4. The van der Waals surface area contributed by atoms with Crippen LogP contribution >= 0.6 is 15.9 Å². The van der Waals surface area contributed by atoms with Crippen molar-refractivity contribution in [1.29, 1.82) is 0 Å². The number of nitrogens with two attached hydrogens (primary N) is 1. The highest BCUT2D eigenvalue weighted by atomic mass is 79.9. The molecule has 0 unspecified atom stereocenters. The third kappa shape index (κ3) is 4.55. The van der Waals surface area contributed by atoms with Gasteiger partial charge in [-0.1, -0.05) is 31.4 Å². The molecule has 0 saturated heterocycles. The molecule has 0 aromatic carbocycles. The van der Waals surface area contributed by atoms with Crippen LogP contribution in [-0.4, -0.2) is 31.2 Å². The smallest absolute Gasteiger partial charge is 0.290 e. The molecule has 3 N–H and O–H groups in total. The van der Waals surface area contributed by atoms with Gasteiger partial charge in [0.25, 0.3) is 6.47 Å². The maximum Gasteiger partial charge on any atom is 0.290 e. The van der Waals surface area contributed by atoms with Crippen LogP contribution in [0.5, 0.6) is 0 Å². The van der Waals surface area contributed by atoms with E-state index in [1.165, 1.54) is 50.5 Å². The van der Waals surface area contributed by atoms with Gasteiger partial charge in [0.2, 0.25) is 0 Å². The summed E-state index contributed by atoms with van der Waals surface area (Å²) in [4.78, 5) is 18.1. The van der Waals surface area contributed by atoms with Crippen molar-refractivity contribution in [3.63, 3.8) is 0 Å². The molecule has 3 aromatic rings. The number of aromatic nitrogens is 4. The third-order valence-corrected chi connectivity index (χ3v) is 7.15. The fourth-order valence-corrected chi connectivity index (χ4v) is 5.26. The first-order valence-electron chi connectivity index (χ1n) is 11.2. The van der Waals surface area contributed by atoms with E-state index in [0.717, 1.165) is 45.5 Å². The van der Waals surface area contributed by atoms with Crippen molar-refractivity contribution < 1.29 is 9.90 Å². The molecule has 0 radical (unpaired) electrons. The van der Waals surface area contributed by atoms with Gasteiger partial charge in [-0.15, -0.1) is 0 Å². The number of carbonyl (C=O) groups is 1. The summed E-state index contributed by atoms with van der Waals surface area (Å²) in [7, 11) is 0. The van der Waals surface area contributed by atoms with E-state index >= 15 is 0 Å². The van der Waals surface area contributed by atoms with Crippen molar-refractivity contribution in [1.82, 2.24) is 19.6 Å². The molecule has 0 bridgehead atoms. The number of hydrogen-bond donors (Lipinski definition) is 2. The van der Waals surface area contributed by atoms with Gasteiger partial charge < -0.3 is 10.8 Å². The molecule has 32 heavy (non-hydrogen) atoms. The lowest BCUT2D eigenvalue weighted by Crippen LogP contribution is -2.11. The molecule has 0 amide bonds. The van der Waals surface area contributed by atoms with Gasteiger partial charge in [0.05, 0.1) is 22.1 Å². The van der Waals surface area contributed by atoms with Crippen LogP contribution in [0.25, 0.3) is 22.3 Å². The van der Waals surface area contributed by atoms with E-state index in [2.05, 4.69) is 39.2 Å². The fraction of sp³-hybridized carbons (Fsp3) is 0.417. The van der Waals surface area contributed by atoms with Crippen molar-refractivity contribution in [3.05, 3.63) is 46.5 Å². The number of hydrogen-bond acceptors (Lipinski definition) is 5. The number of fused-ring (bicyclic) bond motifs is 1. The lowest BCUT2D eigenvalue weighted by Gasteiger charge is -2.22. The van der Waals surface area contributed by atoms with Gasteiger partial charge in [-0.2, -0.15) is 9.61 Å². The zero-order chi connectivity index (χ0) is 22.5. The topological polar surface area (TPSA) is 106 Å². The molecule has 5 rings (SSSR count). The number of rotatable bonds is 3. The molecule has 0 atom stereocenters. The van der Waals surface area contributed by atoms with Crippen molar-refractivity contribution in [2.75, 3.05) is 5.73 Å². The van der Waals surface area contributed by atoms with Crippen LogP contribution in [0.2, 0.25) is 0 Å². The molecule has 1 saturated carbocycles. The summed E-state index contributed by atoms with van der Waals surface area (Å²) < 4.78 is 2.63. The Morgan fingerprint density at radius 3 is 2.56 bits per heavy atom. The molecule has 3 aromatic heterocycles. The van der Waals surface area contributed by atoms with Gasteiger partial charge in [0.15, 0.2) is 5.65 Å². The minimum absolute atomic E-state index is 0.250.